The molecule has 0 unspecified atom stereocenters. The van der Waals surface area contributed by atoms with Gasteiger partial charge in [0.1, 0.15) is 17.3 Å². The van der Waals surface area contributed by atoms with Crippen LogP contribution in [-0.4, -0.2) is 16.1 Å². The van der Waals surface area contributed by atoms with E-state index in [1.807, 2.05) is 12.1 Å². The Balaban J connectivity index is 1.54. The number of carboxylic acids is 1. The van der Waals surface area contributed by atoms with Crippen molar-refractivity contribution in [2.75, 3.05) is 0 Å². The molecule has 0 aliphatic heterocycles. The van der Waals surface area contributed by atoms with E-state index in [0.29, 0.717) is 17.9 Å². The third kappa shape index (κ3) is 9.18. The normalized spacial score (nSPS) is 10.7. The number of aliphatic carboxylic acids is 1. The molecule has 0 saturated heterocycles. The monoisotopic (exact) mass is 373 g/mol. The van der Waals surface area contributed by atoms with E-state index in [1.165, 1.54) is 37.8 Å². The van der Waals surface area contributed by atoms with Crippen molar-refractivity contribution < 1.29 is 19.0 Å². The van der Waals surface area contributed by atoms with E-state index in [0.717, 1.165) is 37.8 Å². The van der Waals surface area contributed by atoms with Crippen LogP contribution in [0.3, 0.4) is 0 Å². The number of carboxylic acid groups (broad SMARTS) is 1. The maximum atomic E-state index is 12.9. The first-order valence-electron chi connectivity index (χ1n) is 9.73. The molecule has 0 spiro atoms. The largest absolute Gasteiger partial charge is 0.481 e. The molecule has 1 N–H and O–H groups in total. The molecule has 1 heterocycles. The first-order valence-corrected chi connectivity index (χ1v) is 9.73. The molecule has 2 aromatic rings. The lowest BCUT2D eigenvalue weighted by atomic mass is 10.1. The predicted octanol–water partition coefficient (Wildman–Crippen LogP) is 6.15. The number of carbonyl (C=O) groups is 1. The van der Waals surface area contributed by atoms with E-state index in [1.54, 1.807) is 18.3 Å². The van der Waals surface area contributed by atoms with Gasteiger partial charge in [-0.1, -0.05) is 38.5 Å². The Labute approximate surface area is 160 Å². The molecule has 2 rings (SSSR count). The highest BCUT2D eigenvalue weighted by Crippen LogP contribution is 2.21. The van der Waals surface area contributed by atoms with Gasteiger partial charge < -0.3 is 9.84 Å². The minimum atomic E-state index is -0.696. The Bertz CT molecular complexity index is 671. The maximum absolute atomic E-state index is 12.9. The number of unbranched alkanes of at least 4 members (excludes halogenated alkanes) is 7. The first kappa shape index (κ1) is 20.9. The van der Waals surface area contributed by atoms with Gasteiger partial charge in [0, 0.05) is 12.1 Å². The van der Waals surface area contributed by atoms with E-state index < -0.39 is 5.97 Å². The summed E-state index contributed by atoms with van der Waals surface area (Å²) < 4.78 is 18.5. The van der Waals surface area contributed by atoms with Gasteiger partial charge in [-0.05, 0) is 55.7 Å². The SMILES string of the molecule is O=C(O)CCCCCCCCCCc1ccc(Oc2ccc(F)cc2)cn1. The van der Waals surface area contributed by atoms with Crippen LogP contribution in [0.15, 0.2) is 42.6 Å². The molecule has 0 fully saturated rings. The number of pyridine rings is 1. The average Bonchev–Trinajstić information content (AvgIpc) is 2.66. The number of halogens is 1. The second-order valence-electron chi connectivity index (χ2n) is 6.76. The van der Waals surface area contributed by atoms with Gasteiger partial charge in [-0.15, -0.1) is 0 Å². The Morgan fingerprint density at radius 3 is 2.04 bits per heavy atom. The van der Waals surface area contributed by atoms with E-state index >= 15 is 0 Å². The van der Waals surface area contributed by atoms with Gasteiger partial charge in [-0.25, -0.2) is 4.39 Å². The summed E-state index contributed by atoms with van der Waals surface area (Å²) in [5, 5.41) is 8.57. The van der Waals surface area contributed by atoms with Crippen LogP contribution < -0.4 is 4.74 Å². The molecule has 5 heteroatoms. The average molecular weight is 373 g/mol. The molecule has 0 saturated carbocycles. The van der Waals surface area contributed by atoms with Crippen LogP contribution in [0.25, 0.3) is 0 Å². The third-order valence-electron chi connectivity index (χ3n) is 4.42. The fourth-order valence-electron chi connectivity index (χ4n) is 2.90. The summed E-state index contributed by atoms with van der Waals surface area (Å²) in [6.45, 7) is 0. The zero-order valence-corrected chi connectivity index (χ0v) is 15.7. The summed E-state index contributed by atoms with van der Waals surface area (Å²) in [5.41, 5.74) is 1.05. The minimum Gasteiger partial charge on any atom is -0.481 e. The van der Waals surface area contributed by atoms with Gasteiger partial charge >= 0.3 is 5.97 Å². The van der Waals surface area contributed by atoms with Gasteiger partial charge in [0.2, 0.25) is 0 Å². The zero-order valence-electron chi connectivity index (χ0n) is 15.7. The van der Waals surface area contributed by atoms with Gasteiger partial charge in [-0.2, -0.15) is 0 Å². The van der Waals surface area contributed by atoms with Crippen LogP contribution in [0.4, 0.5) is 4.39 Å². The molecular formula is C22H28FNO3. The number of hydrogen-bond donors (Lipinski definition) is 1. The van der Waals surface area contributed by atoms with Crippen molar-refractivity contribution in [1.29, 1.82) is 0 Å². The molecule has 0 bridgehead atoms. The Kier molecular flexibility index (Phi) is 9.31. The molecule has 4 nitrogen and oxygen atoms in total. The molecule has 0 amide bonds. The van der Waals surface area contributed by atoms with Crippen LogP contribution in [0.2, 0.25) is 0 Å². The molecule has 0 atom stereocenters. The van der Waals surface area contributed by atoms with Gasteiger partial charge in [0.25, 0.3) is 0 Å². The highest BCUT2D eigenvalue weighted by atomic mass is 19.1. The minimum absolute atomic E-state index is 0.283. The van der Waals surface area contributed by atoms with E-state index in [2.05, 4.69) is 4.98 Å². The van der Waals surface area contributed by atoms with Crippen LogP contribution in [0.1, 0.15) is 63.5 Å². The Morgan fingerprint density at radius 2 is 1.44 bits per heavy atom. The number of aromatic nitrogens is 1. The lowest BCUT2D eigenvalue weighted by Gasteiger charge is -2.06. The van der Waals surface area contributed by atoms with E-state index in [-0.39, 0.29) is 5.82 Å². The Morgan fingerprint density at radius 1 is 0.852 bits per heavy atom. The summed E-state index contributed by atoms with van der Waals surface area (Å²) in [6, 6.07) is 9.79. The molecular weight excluding hydrogens is 345 g/mol. The number of nitrogens with zero attached hydrogens (tertiary/aromatic N) is 1. The van der Waals surface area contributed by atoms with E-state index in [4.69, 9.17) is 9.84 Å². The number of hydrogen-bond acceptors (Lipinski definition) is 3. The van der Waals surface area contributed by atoms with Crippen LogP contribution >= 0.6 is 0 Å². The lowest BCUT2D eigenvalue weighted by molar-refractivity contribution is -0.137. The van der Waals surface area contributed by atoms with E-state index in [9.17, 15) is 9.18 Å². The second kappa shape index (κ2) is 12.0. The molecule has 27 heavy (non-hydrogen) atoms. The summed E-state index contributed by atoms with van der Waals surface area (Å²) in [6.07, 6.45) is 11.8. The summed E-state index contributed by atoms with van der Waals surface area (Å²) in [4.78, 5) is 14.8. The standard InChI is InChI=1S/C22H28FNO3/c23-18-11-14-20(15-12-18)27-21-16-13-19(24-17-21)9-7-5-3-1-2-4-6-8-10-22(25)26/h11-17H,1-10H2,(H,25,26). The van der Waals surface area contributed by atoms with Crippen molar-refractivity contribution >= 4 is 5.97 Å². The predicted molar refractivity (Wildman–Crippen MR) is 104 cm³/mol. The first-order chi connectivity index (χ1) is 13.1. The van der Waals surface area contributed by atoms with Crippen LogP contribution in [-0.2, 0) is 11.2 Å². The summed E-state index contributed by atoms with van der Waals surface area (Å²) in [5.74, 6) is 0.259. The van der Waals surface area contributed by atoms with Crippen molar-refractivity contribution in [3.8, 4) is 11.5 Å². The second-order valence-corrected chi connectivity index (χ2v) is 6.76. The number of rotatable bonds is 13. The van der Waals surface area contributed by atoms with Crippen molar-refractivity contribution in [1.82, 2.24) is 4.98 Å². The van der Waals surface area contributed by atoms with Crippen molar-refractivity contribution in [2.45, 2.75) is 64.2 Å². The topological polar surface area (TPSA) is 59.4 Å². The van der Waals surface area contributed by atoms with Gasteiger partial charge in [0.15, 0.2) is 0 Å². The third-order valence-corrected chi connectivity index (χ3v) is 4.42. The molecule has 0 aliphatic carbocycles. The highest BCUT2D eigenvalue weighted by molar-refractivity contribution is 5.66. The highest BCUT2D eigenvalue weighted by Gasteiger charge is 2.01. The maximum Gasteiger partial charge on any atom is 0.303 e. The van der Waals surface area contributed by atoms with Gasteiger partial charge in [-0.3, -0.25) is 9.78 Å². The number of ether oxygens (including phenoxy) is 1. The van der Waals surface area contributed by atoms with Crippen molar-refractivity contribution in [2.24, 2.45) is 0 Å². The van der Waals surface area contributed by atoms with Gasteiger partial charge in [0.05, 0.1) is 6.20 Å². The molecule has 146 valence electrons. The van der Waals surface area contributed by atoms with Crippen molar-refractivity contribution in [3.05, 3.63) is 54.1 Å². The molecule has 1 aromatic heterocycles. The quantitative estimate of drug-likeness (QED) is 0.428. The van der Waals surface area contributed by atoms with Crippen molar-refractivity contribution in [3.63, 3.8) is 0 Å². The Hall–Kier alpha value is -2.43. The smallest absolute Gasteiger partial charge is 0.303 e. The molecule has 0 aliphatic rings. The number of aryl methyl sites for hydroxylation is 1. The summed E-state index contributed by atoms with van der Waals surface area (Å²) in [7, 11) is 0. The van der Waals surface area contributed by atoms with Crippen LogP contribution in [0, 0.1) is 5.82 Å². The number of benzene rings is 1. The summed E-state index contributed by atoms with van der Waals surface area (Å²) >= 11 is 0. The molecule has 0 radical (unpaired) electrons. The fourth-order valence-corrected chi connectivity index (χ4v) is 2.90. The van der Waals surface area contributed by atoms with Crippen LogP contribution in [0.5, 0.6) is 11.5 Å². The molecule has 1 aromatic carbocycles. The lowest BCUT2D eigenvalue weighted by Crippen LogP contribution is -1.93. The zero-order chi connectivity index (χ0) is 19.3. The fraction of sp³-hybridized carbons (Fsp3) is 0.455.